The molecule has 27 heavy (non-hydrogen) atoms. The second-order valence-electron chi connectivity index (χ2n) is 6.64. The summed E-state index contributed by atoms with van der Waals surface area (Å²) >= 11 is 0. The topological polar surface area (TPSA) is 66.4 Å². The van der Waals surface area contributed by atoms with Crippen molar-refractivity contribution < 1.29 is 18.7 Å². The number of benzene rings is 1. The minimum Gasteiger partial charge on any atom is -0.489 e. The van der Waals surface area contributed by atoms with Crippen molar-refractivity contribution in [3.63, 3.8) is 0 Å². The first-order chi connectivity index (χ1) is 13.0. The quantitative estimate of drug-likeness (QED) is 0.545. The molecule has 0 radical (unpaired) electrons. The van der Waals surface area contributed by atoms with Crippen LogP contribution < -0.4 is 10.1 Å². The zero-order valence-corrected chi connectivity index (χ0v) is 16.3. The van der Waals surface area contributed by atoms with Crippen LogP contribution in [0.3, 0.4) is 0 Å². The Hall–Kier alpha value is -2.35. The van der Waals surface area contributed by atoms with E-state index in [1.54, 1.807) is 32.3 Å². The normalized spacial score (nSPS) is 16.9. The molecule has 150 valence electrons. The minimum atomic E-state index is -0.387. The average molecular weight is 380 g/mol. The lowest BCUT2D eigenvalue weighted by Crippen LogP contribution is -2.44. The van der Waals surface area contributed by atoms with Crippen LogP contribution in [0.1, 0.15) is 12.8 Å². The summed E-state index contributed by atoms with van der Waals surface area (Å²) in [6.45, 7) is 2.25. The van der Waals surface area contributed by atoms with Crippen molar-refractivity contribution in [3.8, 4) is 5.75 Å². The van der Waals surface area contributed by atoms with Gasteiger partial charge in [-0.15, -0.1) is 0 Å². The standard InChI is InChI=1S/C19H29FN4O3/c1-23(2)18(25)14-22-19(21-13-15-7-6-11-26-15)24(3)10-12-27-17-9-5-4-8-16(17)20/h4-5,8-9,15H,6-7,10-14H2,1-3H3,(H,21,22). The number of amides is 1. The Kier molecular flexibility index (Phi) is 8.32. The Labute approximate surface area is 160 Å². The molecule has 8 heteroatoms. The highest BCUT2D eigenvalue weighted by Gasteiger charge is 2.17. The summed E-state index contributed by atoms with van der Waals surface area (Å²) in [6.07, 6.45) is 2.23. The zero-order valence-electron chi connectivity index (χ0n) is 16.3. The van der Waals surface area contributed by atoms with Crippen LogP contribution in [0.4, 0.5) is 4.39 Å². The van der Waals surface area contributed by atoms with Gasteiger partial charge in [0.15, 0.2) is 17.5 Å². The van der Waals surface area contributed by atoms with Crippen LogP contribution in [0.5, 0.6) is 5.75 Å². The third-order valence-electron chi connectivity index (χ3n) is 4.26. The van der Waals surface area contributed by atoms with Gasteiger partial charge in [-0.1, -0.05) is 12.1 Å². The van der Waals surface area contributed by atoms with Crippen molar-refractivity contribution >= 4 is 11.9 Å². The predicted octanol–water partition coefficient (Wildman–Crippen LogP) is 1.35. The number of hydrogen-bond acceptors (Lipinski definition) is 4. The van der Waals surface area contributed by atoms with Crippen LogP contribution in [-0.4, -0.2) is 81.8 Å². The zero-order chi connectivity index (χ0) is 19.6. The van der Waals surface area contributed by atoms with Gasteiger partial charge in [-0.2, -0.15) is 0 Å². The molecule has 0 saturated carbocycles. The lowest BCUT2D eigenvalue weighted by Gasteiger charge is -2.24. The minimum absolute atomic E-state index is 0.0549. The molecule has 1 unspecified atom stereocenters. The summed E-state index contributed by atoms with van der Waals surface area (Å²) in [4.78, 5) is 19.6. The Bertz CT molecular complexity index is 633. The van der Waals surface area contributed by atoms with Gasteiger partial charge in [-0.25, -0.2) is 9.38 Å². The molecule has 1 atom stereocenters. The fraction of sp³-hybridized carbons (Fsp3) is 0.579. The summed E-state index contributed by atoms with van der Waals surface area (Å²) in [5.74, 6) is 0.349. The van der Waals surface area contributed by atoms with E-state index in [9.17, 15) is 9.18 Å². The highest BCUT2D eigenvalue weighted by atomic mass is 19.1. The fourth-order valence-electron chi connectivity index (χ4n) is 2.57. The molecular formula is C19H29FN4O3. The van der Waals surface area contributed by atoms with E-state index >= 15 is 0 Å². The average Bonchev–Trinajstić information content (AvgIpc) is 3.16. The fourth-order valence-corrected chi connectivity index (χ4v) is 2.57. The lowest BCUT2D eigenvalue weighted by molar-refractivity contribution is -0.127. The first-order valence-electron chi connectivity index (χ1n) is 9.16. The SMILES string of the molecule is CN(C)C(=O)CN=C(NCC1CCCO1)N(C)CCOc1ccccc1F. The Morgan fingerprint density at radius 1 is 1.37 bits per heavy atom. The number of aliphatic imine (C=N–C) groups is 1. The number of rotatable bonds is 8. The van der Waals surface area contributed by atoms with Crippen LogP contribution in [-0.2, 0) is 9.53 Å². The molecule has 1 N–H and O–H groups in total. The highest BCUT2D eigenvalue weighted by Crippen LogP contribution is 2.15. The van der Waals surface area contributed by atoms with Gasteiger partial charge < -0.3 is 24.6 Å². The molecule has 7 nitrogen and oxygen atoms in total. The number of guanidine groups is 1. The Morgan fingerprint density at radius 3 is 2.81 bits per heavy atom. The number of carbonyl (C=O) groups is 1. The van der Waals surface area contributed by atoms with Crippen LogP contribution in [0.15, 0.2) is 29.3 Å². The van der Waals surface area contributed by atoms with E-state index in [0.717, 1.165) is 19.4 Å². The number of ether oxygens (including phenoxy) is 2. The molecule has 1 fully saturated rings. The molecule has 1 aromatic carbocycles. The molecule has 1 aliphatic heterocycles. The number of likely N-dealkylation sites (N-methyl/N-ethyl adjacent to an activating group) is 2. The second kappa shape index (κ2) is 10.7. The molecule has 1 aromatic rings. The van der Waals surface area contributed by atoms with E-state index in [0.29, 0.717) is 25.7 Å². The summed E-state index contributed by atoms with van der Waals surface area (Å²) in [5.41, 5.74) is 0. The van der Waals surface area contributed by atoms with E-state index < -0.39 is 0 Å². The van der Waals surface area contributed by atoms with E-state index in [1.807, 2.05) is 11.9 Å². The van der Waals surface area contributed by atoms with Crippen molar-refractivity contribution in [2.24, 2.45) is 4.99 Å². The van der Waals surface area contributed by atoms with Gasteiger partial charge in [0.05, 0.1) is 12.6 Å². The van der Waals surface area contributed by atoms with E-state index in [4.69, 9.17) is 9.47 Å². The maximum absolute atomic E-state index is 13.6. The van der Waals surface area contributed by atoms with Crippen LogP contribution >= 0.6 is 0 Å². The smallest absolute Gasteiger partial charge is 0.243 e. The van der Waals surface area contributed by atoms with Crippen molar-refractivity contribution in [3.05, 3.63) is 30.1 Å². The van der Waals surface area contributed by atoms with Gasteiger partial charge in [-0.3, -0.25) is 4.79 Å². The second-order valence-corrected chi connectivity index (χ2v) is 6.64. The molecule has 0 bridgehead atoms. The predicted molar refractivity (Wildman–Crippen MR) is 102 cm³/mol. The molecule has 2 rings (SSSR count). The molecule has 0 aliphatic carbocycles. The maximum atomic E-state index is 13.6. The van der Waals surface area contributed by atoms with Crippen molar-refractivity contribution in [1.82, 2.24) is 15.1 Å². The monoisotopic (exact) mass is 380 g/mol. The lowest BCUT2D eigenvalue weighted by atomic mass is 10.2. The Balaban J connectivity index is 1.89. The molecule has 1 heterocycles. The molecule has 1 amide bonds. The molecule has 1 saturated heterocycles. The van der Waals surface area contributed by atoms with Crippen molar-refractivity contribution in [2.75, 3.05) is 54.0 Å². The van der Waals surface area contributed by atoms with Crippen molar-refractivity contribution in [2.45, 2.75) is 18.9 Å². The van der Waals surface area contributed by atoms with E-state index in [1.165, 1.54) is 11.0 Å². The number of nitrogens with zero attached hydrogens (tertiary/aromatic N) is 3. The van der Waals surface area contributed by atoms with Gasteiger partial charge in [-0.05, 0) is 25.0 Å². The first kappa shape index (κ1) is 21.0. The summed E-state index contributed by atoms with van der Waals surface area (Å²) in [6, 6.07) is 6.30. The van der Waals surface area contributed by atoms with Gasteiger partial charge in [0.1, 0.15) is 13.2 Å². The number of nitrogens with one attached hydrogen (secondary N) is 1. The maximum Gasteiger partial charge on any atom is 0.243 e. The van der Waals surface area contributed by atoms with Gasteiger partial charge >= 0.3 is 0 Å². The van der Waals surface area contributed by atoms with Crippen molar-refractivity contribution in [1.29, 1.82) is 0 Å². The first-order valence-corrected chi connectivity index (χ1v) is 9.16. The summed E-state index contributed by atoms with van der Waals surface area (Å²) in [7, 11) is 5.25. The van der Waals surface area contributed by atoms with Crippen LogP contribution in [0.2, 0.25) is 0 Å². The van der Waals surface area contributed by atoms with Gasteiger partial charge in [0, 0.05) is 34.3 Å². The number of para-hydroxylation sites is 1. The molecular weight excluding hydrogens is 351 g/mol. The largest absolute Gasteiger partial charge is 0.489 e. The third kappa shape index (κ3) is 7.05. The summed E-state index contributed by atoms with van der Waals surface area (Å²) in [5, 5.41) is 3.27. The van der Waals surface area contributed by atoms with E-state index in [2.05, 4.69) is 10.3 Å². The number of carbonyl (C=O) groups excluding carboxylic acids is 1. The van der Waals surface area contributed by atoms with Crippen LogP contribution in [0, 0.1) is 5.82 Å². The number of hydrogen-bond donors (Lipinski definition) is 1. The number of halogens is 1. The molecule has 0 spiro atoms. The van der Waals surface area contributed by atoms with Gasteiger partial charge in [0.2, 0.25) is 5.91 Å². The highest BCUT2D eigenvalue weighted by molar-refractivity contribution is 5.84. The van der Waals surface area contributed by atoms with Gasteiger partial charge in [0.25, 0.3) is 0 Å². The summed E-state index contributed by atoms with van der Waals surface area (Å²) < 4.78 is 24.7. The third-order valence-corrected chi connectivity index (χ3v) is 4.26. The Morgan fingerprint density at radius 2 is 2.15 bits per heavy atom. The molecule has 0 aromatic heterocycles. The van der Waals surface area contributed by atoms with E-state index in [-0.39, 0.29) is 30.1 Å². The molecule has 1 aliphatic rings. The van der Waals surface area contributed by atoms with Crippen LogP contribution in [0.25, 0.3) is 0 Å².